The molecule has 2 N–H and O–H groups in total. The van der Waals surface area contributed by atoms with Crippen LogP contribution in [0.1, 0.15) is 29.9 Å². The first-order valence-electron chi connectivity index (χ1n) is 7.57. The number of pyridine rings is 1. The predicted octanol–water partition coefficient (Wildman–Crippen LogP) is 5.06. The summed E-state index contributed by atoms with van der Waals surface area (Å²) in [4.78, 5) is 16.2. The van der Waals surface area contributed by atoms with Crippen LogP contribution in [0.5, 0.6) is 0 Å². The Morgan fingerprint density at radius 1 is 1.16 bits per heavy atom. The topological polar surface area (TPSA) is 70.4 Å². The van der Waals surface area contributed by atoms with E-state index in [1.807, 2.05) is 23.6 Å². The van der Waals surface area contributed by atoms with E-state index in [0.717, 1.165) is 21.6 Å². The van der Waals surface area contributed by atoms with E-state index >= 15 is 0 Å². The molecular formula is C19H16ClNO3S. The highest BCUT2D eigenvalue weighted by Crippen LogP contribution is 2.37. The van der Waals surface area contributed by atoms with Crippen LogP contribution in [0.3, 0.4) is 0 Å². The highest BCUT2D eigenvalue weighted by atomic mass is 35.5. The summed E-state index contributed by atoms with van der Waals surface area (Å²) in [5, 5.41) is 21.6. The van der Waals surface area contributed by atoms with Gasteiger partial charge in [0.15, 0.2) is 0 Å². The van der Waals surface area contributed by atoms with Gasteiger partial charge in [0, 0.05) is 16.6 Å². The monoisotopic (exact) mass is 373 g/mol. The maximum atomic E-state index is 11.0. The third-order valence-corrected chi connectivity index (χ3v) is 5.08. The van der Waals surface area contributed by atoms with Gasteiger partial charge in [0.25, 0.3) is 0 Å². The van der Waals surface area contributed by atoms with Crippen molar-refractivity contribution in [2.45, 2.75) is 19.4 Å². The van der Waals surface area contributed by atoms with Crippen LogP contribution < -0.4 is 0 Å². The number of carbonyl (C=O) groups is 1. The van der Waals surface area contributed by atoms with Crippen LogP contribution >= 0.6 is 22.9 Å². The second-order valence-corrected chi connectivity index (χ2v) is 7.51. The lowest BCUT2D eigenvalue weighted by atomic mass is 10.0. The Bertz CT molecular complexity index is 944. The fraction of sp³-hybridized carbons (Fsp3) is 0.158. The lowest BCUT2D eigenvalue weighted by Crippen LogP contribution is -2.17. The second kappa shape index (κ2) is 6.59. The zero-order valence-corrected chi connectivity index (χ0v) is 15.2. The molecule has 0 radical (unpaired) electrons. The Morgan fingerprint density at radius 2 is 1.92 bits per heavy atom. The van der Waals surface area contributed by atoms with Crippen molar-refractivity contribution in [3.8, 4) is 21.6 Å². The van der Waals surface area contributed by atoms with Gasteiger partial charge < -0.3 is 10.2 Å². The first kappa shape index (κ1) is 17.6. The largest absolute Gasteiger partial charge is 0.478 e. The van der Waals surface area contributed by atoms with E-state index in [9.17, 15) is 9.90 Å². The number of nitrogens with zero attached hydrogens (tertiary/aromatic N) is 1. The molecule has 0 fully saturated rings. The average molecular weight is 374 g/mol. The minimum atomic E-state index is -1.01. The van der Waals surface area contributed by atoms with Gasteiger partial charge in [-0.25, -0.2) is 4.79 Å². The van der Waals surface area contributed by atoms with Gasteiger partial charge >= 0.3 is 5.97 Å². The Hall–Kier alpha value is -2.21. The van der Waals surface area contributed by atoms with Crippen molar-refractivity contribution in [3.63, 3.8) is 0 Å². The quantitative estimate of drug-likeness (QED) is 0.670. The minimum Gasteiger partial charge on any atom is -0.478 e. The first-order chi connectivity index (χ1) is 11.8. The molecule has 2 aromatic heterocycles. The number of carboxylic acid groups (broad SMARTS) is 1. The molecule has 6 heteroatoms. The molecule has 0 unspecified atom stereocenters. The van der Waals surface area contributed by atoms with Crippen molar-refractivity contribution < 1.29 is 15.0 Å². The lowest BCUT2D eigenvalue weighted by molar-refractivity contribution is 0.0695. The Balaban J connectivity index is 1.97. The normalized spacial score (nSPS) is 11.5. The van der Waals surface area contributed by atoms with Gasteiger partial charge in [-0.2, -0.15) is 0 Å². The van der Waals surface area contributed by atoms with Crippen molar-refractivity contribution in [3.05, 3.63) is 64.3 Å². The van der Waals surface area contributed by atoms with E-state index < -0.39 is 11.6 Å². The highest BCUT2D eigenvalue weighted by molar-refractivity contribution is 7.14. The number of rotatable bonds is 4. The molecule has 0 atom stereocenters. The van der Waals surface area contributed by atoms with E-state index in [-0.39, 0.29) is 5.56 Å². The van der Waals surface area contributed by atoms with E-state index in [2.05, 4.69) is 4.98 Å². The Morgan fingerprint density at radius 3 is 2.56 bits per heavy atom. The maximum Gasteiger partial charge on any atom is 0.335 e. The maximum absolute atomic E-state index is 11.0. The summed E-state index contributed by atoms with van der Waals surface area (Å²) in [5.74, 6) is -1.00. The molecule has 0 spiro atoms. The molecule has 0 bridgehead atoms. The van der Waals surface area contributed by atoms with Crippen LogP contribution in [-0.4, -0.2) is 21.2 Å². The third kappa shape index (κ3) is 3.74. The molecule has 4 nitrogen and oxygen atoms in total. The van der Waals surface area contributed by atoms with Crippen LogP contribution in [-0.2, 0) is 5.60 Å². The molecule has 2 heterocycles. The minimum absolute atomic E-state index is 0.162. The highest BCUT2D eigenvalue weighted by Gasteiger charge is 2.18. The van der Waals surface area contributed by atoms with Crippen molar-refractivity contribution in [1.82, 2.24) is 4.98 Å². The molecule has 0 aliphatic rings. The van der Waals surface area contributed by atoms with E-state index in [1.54, 1.807) is 32.2 Å². The molecule has 0 aliphatic heterocycles. The van der Waals surface area contributed by atoms with Crippen LogP contribution in [0, 0.1) is 0 Å². The Kier molecular flexibility index (Phi) is 4.64. The fourth-order valence-electron chi connectivity index (χ4n) is 2.42. The summed E-state index contributed by atoms with van der Waals surface area (Å²) in [5.41, 5.74) is 2.49. The second-order valence-electron chi connectivity index (χ2n) is 6.19. The summed E-state index contributed by atoms with van der Waals surface area (Å²) < 4.78 is 0. The number of aromatic carboxylic acids is 1. The molecule has 0 amide bonds. The average Bonchev–Trinajstić information content (AvgIpc) is 3.03. The van der Waals surface area contributed by atoms with E-state index in [4.69, 9.17) is 16.7 Å². The van der Waals surface area contributed by atoms with Crippen molar-refractivity contribution >= 4 is 28.9 Å². The molecule has 0 saturated heterocycles. The summed E-state index contributed by atoms with van der Waals surface area (Å²) >= 11 is 7.77. The van der Waals surface area contributed by atoms with Crippen molar-refractivity contribution in [2.24, 2.45) is 0 Å². The van der Waals surface area contributed by atoms with Gasteiger partial charge in [-0.05, 0) is 60.7 Å². The Labute approximate surface area is 154 Å². The zero-order chi connectivity index (χ0) is 18.2. The summed E-state index contributed by atoms with van der Waals surface area (Å²) in [6, 6.07) is 10.5. The first-order valence-corrected chi connectivity index (χ1v) is 8.82. The number of thiophene rings is 1. The molecule has 128 valence electrons. The van der Waals surface area contributed by atoms with Gasteiger partial charge in [-0.1, -0.05) is 17.7 Å². The predicted molar refractivity (Wildman–Crippen MR) is 100 cm³/mol. The summed E-state index contributed by atoms with van der Waals surface area (Å²) in [6.45, 7) is 3.39. The number of hydrogen-bond acceptors (Lipinski definition) is 4. The van der Waals surface area contributed by atoms with Crippen molar-refractivity contribution in [2.75, 3.05) is 0 Å². The molecule has 3 aromatic rings. The third-order valence-electron chi connectivity index (χ3n) is 3.80. The van der Waals surface area contributed by atoms with Crippen molar-refractivity contribution in [1.29, 1.82) is 0 Å². The summed E-state index contributed by atoms with van der Waals surface area (Å²) in [7, 11) is 0. The lowest BCUT2D eigenvalue weighted by Gasteiger charge is -2.16. The number of aromatic nitrogens is 1. The molecule has 0 saturated carbocycles. The fourth-order valence-corrected chi connectivity index (χ4v) is 3.72. The molecule has 1 aromatic carbocycles. The SMILES string of the molecule is CC(C)(O)c1cc(-c2csc(-c3ccc(C(=O)O)cc3Cl)c2)ccn1. The van der Waals surface area contributed by atoms with E-state index in [1.165, 1.54) is 17.4 Å². The van der Waals surface area contributed by atoms with Crippen LogP contribution in [0.2, 0.25) is 5.02 Å². The molecule has 0 aliphatic carbocycles. The number of carboxylic acids is 1. The van der Waals surface area contributed by atoms with Gasteiger partial charge in [0.05, 0.1) is 16.3 Å². The van der Waals surface area contributed by atoms with Gasteiger partial charge in [-0.3, -0.25) is 4.98 Å². The molecule has 25 heavy (non-hydrogen) atoms. The number of aliphatic hydroxyl groups is 1. The molecule has 3 rings (SSSR count). The van der Waals surface area contributed by atoms with Crippen LogP contribution in [0.15, 0.2) is 48.0 Å². The number of benzene rings is 1. The standard InChI is InChI=1S/C19H16ClNO3S/c1-19(2,24)17-9-11(5-6-21-17)13-8-16(25-10-13)14-4-3-12(18(22)23)7-15(14)20/h3-10,24H,1-2H3,(H,22,23). The van der Waals surface area contributed by atoms with E-state index in [0.29, 0.717) is 10.7 Å². The number of hydrogen-bond donors (Lipinski definition) is 2. The van der Waals surface area contributed by atoms with Gasteiger partial charge in [0.2, 0.25) is 0 Å². The van der Waals surface area contributed by atoms with Crippen LogP contribution in [0.25, 0.3) is 21.6 Å². The van der Waals surface area contributed by atoms with Gasteiger partial charge in [-0.15, -0.1) is 11.3 Å². The smallest absolute Gasteiger partial charge is 0.335 e. The van der Waals surface area contributed by atoms with Gasteiger partial charge in [0.1, 0.15) is 5.60 Å². The number of halogens is 1. The van der Waals surface area contributed by atoms with Crippen LogP contribution in [0.4, 0.5) is 0 Å². The summed E-state index contributed by atoms with van der Waals surface area (Å²) in [6.07, 6.45) is 1.68. The zero-order valence-electron chi connectivity index (χ0n) is 13.7. The molecular weight excluding hydrogens is 358 g/mol.